The Kier molecular flexibility index (Phi) is 10.0. The zero-order valence-electron chi connectivity index (χ0n) is 23.0. The number of amides is 1. The van der Waals surface area contributed by atoms with Gasteiger partial charge in [-0.05, 0) is 63.8 Å². The van der Waals surface area contributed by atoms with E-state index in [1.165, 1.54) is 0 Å². The van der Waals surface area contributed by atoms with Crippen LogP contribution in [0.3, 0.4) is 0 Å². The molecule has 2 atom stereocenters. The molecule has 1 aliphatic heterocycles. The molecule has 2 unspecified atom stereocenters. The van der Waals surface area contributed by atoms with Crippen molar-refractivity contribution >= 4 is 40.8 Å². The third-order valence-electron chi connectivity index (χ3n) is 6.42. The van der Waals surface area contributed by atoms with Gasteiger partial charge < -0.3 is 25.0 Å². The number of anilines is 2. The third kappa shape index (κ3) is 7.53. The Labute approximate surface area is 240 Å². The first-order valence-electron chi connectivity index (χ1n) is 13.3. The molecule has 0 saturated carbocycles. The molecule has 2 N–H and O–H groups in total. The number of nitrogens with one attached hydrogen (secondary N) is 2. The van der Waals surface area contributed by atoms with Crippen LogP contribution in [-0.4, -0.2) is 44.3 Å². The summed E-state index contributed by atoms with van der Waals surface area (Å²) in [4.78, 5) is 19.3. The van der Waals surface area contributed by atoms with Crippen molar-refractivity contribution in [1.29, 1.82) is 5.26 Å². The zero-order chi connectivity index (χ0) is 28.5. The second kappa shape index (κ2) is 13.8. The van der Waals surface area contributed by atoms with E-state index >= 15 is 0 Å². The molecule has 0 aliphatic carbocycles. The van der Waals surface area contributed by atoms with Crippen molar-refractivity contribution < 1.29 is 14.3 Å². The molecule has 1 amide bonds. The average Bonchev–Trinajstić information content (AvgIpc) is 2.94. The van der Waals surface area contributed by atoms with E-state index in [1.807, 2.05) is 74.4 Å². The minimum absolute atomic E-state index is 0.0960. The van der Waals surface area contributed by atoms with Crippen LogP contribution in [0.5, 0.6) is 11.5 Å². The van der Waals surface area contributed by atoms with Gasteiger partial charge in [-0.25, -0.2) is 0 Å². The van der Waals surface area contributed by atoms with Crippen molar-refractivity contribution in [2.45, 2.75) is 32.4 Å². The Hall–Kier alpha value is -4.06. The number of fused-ring (bicyclic) bond motifs is 1. The van der Waals surface area contributed by atoms with Gasteiger partial charge in [-0.2, -0.15) is 5.26 Å². The van der Waals surface area contributed by atoms with Crippen LogP contribution >= 0.6 is 11.6 Å². The first kappa shape index (κ1) is 28.9. The molecule has 9 heteroatoms. The van der Waals surface area contributed by atoms with Gasteiger partial charge in [0.2, 0.25) is 5.91 Å². The van der Waals surface area contributed by atoms with E-state index in [-0.39, 0.29) is 5.91 Å². The number of ether oxygens (including phenoxy) is 2. The van der Waals surface area contributed by atoms with E-state index in [1.54, 1.807) is 18.3 Å². The zero-order valence-corrected chi connectivity index (χ0v) is 23.7. The van der Waals surface area contributed by atoms with Crippen LogP contribution in [0.1, 0.15) is 36.9 Å². The van der Waals surface area contributed by atoms with E-state index in [0.29, 0.717) is 47.5 Å². The van der Waals surface area contributed by atoms with E-state index in [2.05, 4.69) is 21.7 Å². The molecule has 8 nitrogen and oxygen atoms in total. The molecule has 3 aromatic rings. The minimum Gasteiger partial charge on any atom is -0.492 e. The highest BCUT2D eigenvalue weighted by Gasteiger charge is 2.29. The molecule has 0 fully saturated rings. The van der Waals surface area contributed by atoms with Gasteiger partial charge in [0, 0.05) is 30.0 Å². The smallest absolute Gasteiger partial charge is 0.224 e. The third-order valence-corrected chi connectivity index (χ3v) is 6.72. The van der Waals surface area contributed by atoms with Crippen molar-refractivity contribution in [3.63, 3.8) is 0 Å². The Morgan fingerprint density at radius 2 is 1.90 bits per heavy atom. The Morgan fingerprint density at radius 1 is 1.10 bits per heavy atom. The maximum absolute atomic E-state index is 12.7. The molecular formula is C31H34ClN5O3. The largest absolute Gasteiger partial charge is 0.492 e. The summed E-state index contributed by atoms with van der Waals surface area (Å²) < 4.78 is 11.7. The topological polar surface area (TPSA) is 99.0 Å². The van der Waals surface area contributed by atoms with Gasteiger partial charge in [0.15, 0.2) is 0 Å². The van der Waals surface area contributed by atoms with Crippen LogP contribution < -0.4 is 20.1 Å². The molecule has 208 valence electrons. The van der Waals surface area contributed by atoms with E-state index in [0.717, 1.165) is 29.8 Å². The summed E-state index contributed by atoms with van der Waals surface area (Å²) in [5, 5.41) is 16.8. The van der Waals surface area contributed by atoms with Gasteiger partial charge in [-0.3, -0.25) is 9.79 Å². The van der Waals surface area contributed by atoms with Gasteiger partial charge in [-0.1, -0.05) is 41.9 Å². The quantitative estimate of drug-likeness (QED) is 0.259. The monoisotopic (exact) mass is 559 g/mol. The van der Waals surface area contributed by atoms with Crippen LogP contribution in [0, 0.1) is 17.2 Å². The standard InChI is InChI=1S/C31H34ClN5O3/c1-4-39-29-17-26-24(16-27(29)36-30(38)11-8-14-37(2)3)31(22(18-33)19-34-26)35-23-12-13-28(25(32)15-23)40-20-21-9-6-5-7-10-21/h5-7,9-10,12-13,15-17,19,22,31,35H,4,8,11,14,20H2,1-3H3,(H,36,38). The van der Waals surface area contributed by atoms with Crippen molar-refractivity contribution in [1.82, 2.24) is 4.90 Å². The van der Waals surface area contributed by atoms with Crippen molar-refractivity contribution in [2.24, 2.45) is 10.9 Å². The van der Waals surface area contributed by atoms with Gasteiger partial charge in [0.25, 0.3) is 0 Å². The molecule has 0 radical (unpaired) electrons. The predicted octanol–water partition coefficient (Wildman–Crippen LogP) is 6.61. The molecule has 0 aromatic heterocycles. The fourth-order valence-electron chi connectivity index (χ4n) is 4.43. The van der Waals surface area contributed by atoms with Crippen molar-refractivity contribution in [2.75, 3.05) is 37.9 Å². The summed E-state index contributed by atoms with van der Waals surface area (Å²) in [6, 6.07) is 20.9. The molecule has 3 aromatic carbocycles. The second-order valence-corrected chi connectivity index (χ2v) is 10.2. The van der Waals surface area contributed by atoms with Gasteiger partial charge >= 0.3 is 0 Å². The van der Waals surface area contributed by atoms with Crippen LogP contribution in [-0.2, 0) is 11.4 Å². The number of nitrogens with zero attached hydrogens (tertiary/aromatic N) is 3. The number of carbonyl (C=O) groups is 1. The lowest BCUT2D eigenvalue weighted by Gasteiger charge is -2.28. The average molecular weight is 560 g/mol. The summed E-state index contributed by atoms with van der Waals surface area (Å²) in [6.45, 7) is 3.55. The van der Waals surface area contributed by atoms with E-state index in [4.69, 9.17) is 21.1 Å². The highest BCUT2D eigenvalue weighted by molar-refractivity contribution is 6.32. The molecule has 1 heterocycles. The Morgan fingerprint density at radius 3 is 2.60 bits per heavy atom. The number of benzene rings is 3. The fourth-order valence-corrected chi connectivity index (χ4v) is 4.66. The number of nitriles is 1. The molecular weight excluding hydrogens is 526 g/mol. The SMILES string of the molecule is CCOc1cc2c(cc1NC(=O)CCCN(C)C)C(Nc1ccc(OCc3ccccc3)c(Cl)c1)C(C#N)C=N2. The summed E-state index contributed by atoms with van der Waals surface area (Å²) >= 11 is 6.56. The van der Waals surface area contributed by atoms with Gasteiger partial charge in [0.05, 0.1) is 35.1 Å². The maximum atomic E-state index is 12.7. The van der Waals surface area contributed by atoms with Crippen LogP contribution in [0.25, 0.3) is 0 Å². The lowest BCUT2D eigenvalue weighted by atomic mass is 9.90. The molecule has 0 bridgehead atoms. The summed E-state index contributed by atoms with van der Waals surface area (Å²) in [6.07, 6.45) is 2.76. The number of halogens is 1. The highest BCUT2D eigenvalue weighted by Crippen LogP contribution is 2.43. The van der Waals surface area contributed by atoms with Crippen LogP contribution in [0.4, 0.5) is 17.1 Å². The van der Waals surface area contributed by atoms with E-state index in [9.17, 15) is 10.1 Å². The summed E-state index contributed by atoms with van der Waals surface area (Å²) in [5.74, 6) is 0.471. The fraction of sp³-hybridized carbons (Fsp3) is 0.323. The minimum atomic E-state index is -0.540. The van der Waals surface area contributed by atoms with E-state index < -0.39 is 12.0 Å². The number of rotatable bonds is 12. The lowest BCUT2D eigenvalue weighted by Crippen LogP contribution is -2.24. The van der Waals surface area contributed by atoms with Crippen molar-refractivity contribution in [3.05, 3.63) is 76.8 Å². The number of aliphatic imine (C=N–C) groups is 1. The molecule has 40 heavy (non-hydrogen) atoms. The highest BCUT2D eigenvalue weighted by atomic mass is 35.5. The number of hydrogen-bond acceptors (Lipinski definition) is 7. The first-order valence-corrected chi connectivity index (χ1v) is 13.7. The second-order valence-electron chi connectivity index (χ2n) is 9.77. The normalized spacial score (nSPS) is 15.7. The first-order chi connectivity index (χ1) is 19.4. The van der Waals surface area contributed by atoms with Gasteiger partial charge in [0.1, 0.15) is 24.0 Å². The lowest BCUT2D eigenvalue weighted by molar-refractivity contribution is -0.116. The molecule has 0 spiro atoms. The Bertz CT molecular complexity index is 1390. The number of carbonyl (C=O) groups excluding carboxylic acids is 1. The molecule has 1 aliphatic rings. The predicted molar refractivity (Wildman–Crippen MR) is 160 cm³/mol. The molecule has 4 rings (SSSR count). The summed E-state index contributed by atoms with van der Waals surface area (Å²) in [5.41, 5.74) is 3.78. The summed E-state index contributed by atoms with van der Waals surface area (Å²) in [7, 11) is 3.96. The van der Waals surface area contributed by atoms with Crippen LogP contribution in [0.15, 0.2) is 65.7 Å². The molecule has 0 saturated heterocycles. The van der Waals surface area contributed by atoms with Crippen LogP contribution in [0.2, 0.25) is 5.02 Å². The van der Waals surface area contributed by atoms with Gasteiger partial charge in [-0.15, -0.1) is 0 Å². The maximum Gasteiger partial charge on any atom is 0.224 e. The van der Waals surface area contributed by atoms with Crippen molar-refractivity contribution in [3.8, 4) is 17.6 Å². The Balaban J connectivity index is 1.55. The number of hydrogen-bond donors (Lipinski definition) is 2.